The van der Waals surface area contributed by atoms with Crippen molar-refractivity contribution in [2.24, 2.45) is 0 Å². The van der Waals surface area contributed by atoms with E-state index in [1.165, 1.54) is 16.7 Å². The summed E-state index contributed by atoms with van der Waals surface area (Å²) in [5, 5.41) is 0. The highest BCUT2D eigenvalue weighted by Gasteiger charge is 2.14. The number of nitrogens with two attached hydrogens (primary N) is 1. The van der Waals surface area contributed by atoms with Gasteiger partial charge in [-0.2, -0.15) is 0 Å². The van der Waals surface area contributed by atoms with E-state index in [1.807, 2.05) is 12.1 Å². The monoisotopic (exact) mass is 273 g/mol. The lowest BCUT2D eigenvalue weighted by Crippen LogP contribution is -2.05. The van der Waals surface area contributed by atoms with Crippen molar-refractivity contribution in [3.05, 3.63) is 102 Å². The zero-order valence-corrected chi connectivity index (χ0v) is 11.9. The highest BCUT2D eigenvalue weighted by atomic mass is 14.5. The highest BCUT2D eigenvalue weighted by Crippen LogP contribution is 2.28. The van der Waals surface area contributed by atoms with Crippen LogP contribution in [-0.2, 0) is 6.42 Å². The molecular formula is C20H19N. The average molecular weight is 273 g/mol. The van der Waals surface area contributed by atoms with Gasteiger partial charge in [-0.05, 0) is 35.2 Å². The van der Waals surface area contributed by atoms with Crippen molar-refractivity contribution < 1.29 is 0 Å². The molecule has 0 fully saturated rings. The molecular weight excluding hydrogens is 254 g/mol. The van der Waals surface area contributed by atoms with Crippen LogP contribution in [0.4, 0.5) is 5.69 Å². The summed E-state index contributed by atoms with van der Waals surface area (Å²) in [5.74, 6) is 0.356. The van der Waals surface area contributed by atoms with Crippen LogP contribution in [0.1, 0.15) is 22.6 Å². The molecule has 3 rings (SSSR count). The van der Waals surface area contributed by atoms with Gasteiger partial charge >= 0.3 is 0 Å². The molecule has 0 aliphatic carbocycles. The summed E-state index contributed by atoms with van der Waals surface area (Å²) in [7, 11) is 0. The molecule has 0 aromatic heterocycles. The van der Waals surface area contributed by atoms with Gasteiger partial charge in [0.1, 0.15) is 0 Å². The number of nitrogen functional groups attached to an aromatic ring is 1. The van der Waals surface area contributed by atoms with Crippen LogP contribution in [-0.4, -0.2) is 0 Å². The fourth-order valence-corrected chi connectivity index (χ4v) is 2.75. The summed E-state index contributed by atoms with van der Waals surface area (Å²) in [6.07, 6.45) is 0.957. The maximum absolute atomic E-state index is 5.91. The van der Waals surface area contributed by atoms with Crippen LogP contribution >= 0.6 is 0 Å². The first-order chi connectivity index (χ1) is 10.3. The van der Waals surface area contributed by atoms with Crippen LogP contribution in [0.2, 0.25) is 0 Å². The second-order valence-electron chi connectivity index (χ2n) is 5.32. The van der Waals surface area contributed by atoms with E-state index in [1.54, 1.807) is 0 Å². The Balaban J connectivity index is 1.97. The predicted molar refractivity (Wildman–Crippen MR) is 89.3 cm³/mol. The van der Waals surface area contributed by atoms with Crippen LogP contribution < -0.4 is 5.73 Å². The predicted octanol–water partition coefficient (Wildman–Crippen LogP) is 4.64. The van der Waals surface area contributed by atoms with Crippen LogP contribution in [0.3, 0.4) is 0 Å². The summed E-state index contributed by atoms with van der Waals surface area (Å²) >= 11 is 0. The quantitative estimate of drug-likeness (QED) is 0.688. The Labute approximate surface area is 126 Å². The Kier molecular flexibility index (Phi) is 4.02. The third-order valence-corrected chi connectivity index (χ3v) is 3.79. The van der Waals surface area contributed by atoms with Gasteiger partial charge in [0.2, 0.25) is 0 Å². The Morgan fingerprint density at radius 2 is 1.24 bits per heavy atom. The third-order valence-electron chi connectivity index (χ3n) is 3.79. The molecule has 2 N–H and O–H groups in total. The third kappa shape index (κ3) is 3.32. The van der Waals surface area contributed by atoms with Gasteiger partial charge in [0.25, 0.3) is 0 Å². The van der Waals surface area contributed by atoms with Gasteiger partial charge in [0.05, 0.1) is 0 Å². The van der Waals surface area contributed by atoms with Crippen molar-refractivity contribution in [3.8, 4) is 0 Å². The molecule has 0 spiro atoms. The molecule has 0 bridgehead atoms. The zero-order chi connectivity index (χ0) is 14.5. The zero-order valence-electron chi connectivity index (χ0n) is 11.9. The fourth-order valence-electron chi connectivity index (χ4n) is 2.75. The SMILES string of the molecule is Nc1cccc(CC(c2ccccc2)c2ccccc2)c1. The van der Waals surface area contributed by atoms with Gasteiger partial charge in [0, 0.05) is 11.6 Å². The van der Waals surface area contributed by atoms with Gasteiger partial charge in [-0.3, -0.25) is 0 Å². The molecule has 3 aromatic rings. The molecule has 3 aromatic carbocycles. The molecule has 0 amide bonds. The van der Waals surface area contributed by atoms with E-state index in [2.05, 4.69) is 72.8 Å². The summed E-state index contributed by atoms with van der Waals surface area (Å²) in [5.41, 5.74) is 10.7. The largest absolute Gasteiger partial charge is 0.399 e. The van der Waals surface area contributed by atoms with E-state index >= 15 is 0 Å². The first-order valence-corrected chi connectivity index (χ1v) is 7.27. The van der Waals surface area contributed by atoms with Crippen molar-refractivity contribution in [2.45, 2.75) is 12.3 Å². The fraction of sp³-hybridized carbons (Fsp3) is 0.100. The van der Waals surface area contributed by atoms with Crippen molar-refractivity contribution in [1.82, 2.24) is 0 Å². The molecule has 0 aliphatic rings. The van der Waals surface area contributed by atoms with E-state index < -0.39 is 0 Å². The molecule has 0 radical (unpaired) electrons. The van der Waals surface area contributed by atoms with Crippen LogP contribution in [0.25, 0.3) is 0 Å². The molecule has 1 heteroatoms. The van der Waals surface area contributed by atoms with E-state index in [0.29, 0.717) is 5.92 Å². The molecule has 0 atom stereocenters. The number of hydrogen-bond acceptors (Lipinski definition) is 1. The normalized spacial score (nSPS) is 10.7. The number of anilines is 1. The lowest BCUT2D eigenvalue weighted by molar-refractivity contribution is 0.805. The van der Waals surface area contributed by atoms with E-state index in [9.17, 15) is 0 Å². The molecule has 0 aliphatic heterocycles. The first kappa shape index (κ1) is 13.4. The van der Waals surface area contributed by atoms with Crippen LogP contribution in [0, 0.1) is 0 Å². The van der Waals surface area contributed by atoms with Crippen LogP contribution in [0.15, 0.2) is 84.9 Å². The summed E-state index contributed by atoms with van der Waals surface area (Å²) in [6, 6.07) is 29.5. The second-order valence-corrected chi connectivity index (χ2v) is 5.32. The average Bonchev–Trinajstić information content (AvgIpc) is 2.54. The van der Waals surface area contributed by atoms with Gasteiger partial charge in [-0.25, -0.2) is 0 Å². The first-order valence-electron chi connectivity index (χ1n) is 7.27. The molecule has 104 valence electrons. The van der Waals surface area contributed by atoms with Gasteiger partial charge in [-0.15, -0.1) is 0 Å². The smallest absolute Gasteiger partial charge is 0.0316 e. The maximum atomic E-state index is 5.91. The molecule has 0 saturated carbocycles. The van der Waals surface area contributed by atoms with Crippen LogP contribution in [0.5, 0.6) is 0 Å². The standard InChI is InChI=1S/C20H19N/c21-19-13-7-8-16(14-19)15-20(17-9-3-1-4-10-17)18-11-5-2-6-12-18/h1-14,20H,15,21H2. The minimum Gasteiger partial charge on any atom is -0.399 e. The van der Waals surface area contributed by atoms with Crippen molar-refractivity contribution in [3.63, 3.8) is 0 Å². The molecule has 1 nitrogen and oxygen atoms in total. The van der Waals surface area contributed by atoms with Crippen molar-refractivity contribution in [2.75, 3.05) is 5.73 Å². The number of rotatable bonds is 4. The van der Waals surface area contributed by atoms with E-state index in [-0.39, 0.29) is 0 Å². The Morgan fingerprint density at radius 3 is 1.76 bits per heavy atom. The lowest BCUT2D eigenvalue weighted by atomic mass is 9.86. The Bertz CT molecular complexity index is 650. The highest BCUT2D eigenvalue weighted by molar-refractivity contribution is 5.42. The van der Waals surface area contributed by atoms with Crippen molar-refractivity contribution >= 4 is 5.69 Å². The Morgan fingerprint density at radius 1 is 0.667 bits per heavy atom. The summed E-state index contributed by atoms with van der Waals surface area (Å²) in [6.45, 7) is 0. The van der Waals surface area contributed by atoms with Gasteiger partial charge < -0.3 is 5.73 Å². The summed E-state index contributed by atoms with van der Waals surface area (Å²) < 4.78 is 0. The van der Waals surface area contributed by atoms with Gasteiger partial charge in [0.15, 0.2) is 0 Å². The van der Waals surface area contributed by atoms with Gasteiger partial charge in [-0.1, -0.05) is 72.8 Å². The molecule has 0 saturated heterocycles. The maximum Gasteiger partial charge on any atom is 0.0316 e. The number of hydrogen-bond donors (Lipinski definition) is 1. The van der Waals surface area contributed by atoms with E-state index in [0.717, 1.165) is 12.1 Å². The molecule has 0 heterocycles. The minimum atomic E-state index is 0.356. The Hall–Kier alpha value is -2.54. The topological polar surface area (TPSA) is 26.0 Å². The lowest BCUT2D eigenvalue weighted by Gasteiger charge is -2.18. The van der Waals surface area contributed by atoms with Crippen molar-refractivity contribution in [1.29, 1.82) is 0 Å². The van der Waals surface area contributed by atoms with E-state index in [4.69, 9.17) is 5.73 Å². The second kappa shape index (κ2) is 6.27. The summed E-state index contributed by atoms with van der Waals surface area (Å²) in [4.78, 5) is 0. The minimum absolute atomic E-state index is 0.356. The number of benzene rings is 3. The molecule has 21 heavy (non-hydrogen) atoms. The molecule has 0 unspecified atom stereocenters.